The third-order valence-corrected chi connectivity index (χ3v) is 2.62. The molecule has 0 atom stereocenters. The number of aromatic amines is 1. The molecule has 0 fully saturated rings. The SMILES string of the molecule is Cc1cc(NC(=O)CSC(C)C)n[nH]1. The lowest BCUT2D eigenvalue weighted by molar-refractivity contribution is -0.113. The molecule has 0 spiro atoms. The molecule has 78 valence electrons. The zero-order valence-electron chi connectivity index (χ0n) is 8.63. The lowest BCUT2D eigenvalue weighted by Gasteiger charge is -2.03. The highest BCUT2D eigenvalue weighted by molar-refractivity contribution is 8.00. The second kappa shape index (κ2) is 5.05. The van der Waals surface area contributed by atoms with Gasteiger partial charge < -0.3 is 5.32 Å². The van der Waals surface area contributed by atoms with Crippen molar-refractivity contribution in [3.05, 3.63) is 11.8 Å². The van der Waals surface area contributed by atoms with Crippen LogP contribution in [0.25, 0.3) is 0 Å². The second-order valence-electron chi connectivity index (χ2n) is 3.34. The number of hydrogen-bond donors (Lipinski definition) is 2. The molecule has 0 bridgehead atoms. The smallest absolute Gasteiger partial charge is 0.235 e. The molecule has 0 unspecified atom stereocenters. The Morgan fingerprint density at radius 3 is 2.93 bits per heavy atom. The van der Waals surface area contributed by atoms with Gasteiger partial charge in [0.05, 0.1) is 5.75 Å². The van der Waals surface area contributed by atoms with Gasteiger partial charge in [0.1, 0.15) is 0 Å². The average molecular weight is 213 g/mol. The summed E-state index contributed by atoms with van der Waals surface area (Å²) in [5.74, 6) is 1.07. The van der Waals surface area contributed by atoms with Crippen molar-refractivity contribution in [2.45, 2.75) is 26.0 Å². The molecule has 0 aliphatic carbocycles. The first kappa shape index (κ1) is 11.1. The first-order chi connectivity index (χ1) is 6.58. The topological polar surface area (TPSA) is 57.8 Å². The van der Waals surface area contributed by atoms with E-state index < -0.39 is 0 Å². The number of carbonyl (C=O) groups is 1. The summed E-state index contributed by atoms with van der Waals surface area (Å²) >= 11 is 1.62. The first-order valence-electron chi connectivity index (χ1n) is 4.51. The number of nitrogens with one attached hydrogen (secondary N) is 2. The predicted molar refractivity (Wildman–Crippen MR) is 59.5 cm³/mol. The van der Waals surface area contributed by atoms with E-state index in [0.717, 1.165) is 5.69 Å². The van der Waals surface area contributed by atoms with Gasteiger partial charge in [-0.15, -0.1) is 11.8 Å². The fourth-order valence-corrected chi connectivity index (χ4v) is 1.46. The van der Waals surface area contributed by atoms with Gasteiger partial charge in [0, 0.05) is 11.8 Å². The van der Waals surface area contributed by atoms with E-state index in [1.54, 1.807) is 17.8 Å². The molecule has 1 heterocycles. The van der Waals surface area contributed by atoms with Gasteiger partial charge in [-0.3, -0.25) is 9.89 Å². The third kappa shape index (κ3) is 3.83. The summed E-state index contributed by atoms with van der Waals surface area (Å²) in [7, 11) is 0. The predicted octanol–water partition coefficient (Wildman–Crippen LogP) is 1.80. The van der Waals surface area contributed by atoms with Crippen LogP contribution in [0, 0.1) is 6.92 Å². The second-order valence-corrected chi connectivity index (χ2v) is 4.91. The summed E-state index contributed by atoms with van der Waals surface area (Å²) in [5.41, 5.74) is 0.941. The van der Waals surface area contributed by atoms with Crippen molar-refractivity contribution >= 4 is 23.5 Å². The van der Waals surface area contributed by atoms with Crippen LogP contribution in [-0.2, 0) is 4.79 Å². The number of aromatic nitrogens is 2. The number of carbonyl (C=O) groups excluding carboxylic acids is 1. The Bertz CT molecular complexity index is 309. The molecule has 1 amide bonds. The van der Waals surface area contributed by atoms with Crippen molar-refractivity contribution in [3.63, 3.8) is 0 Å². The molecular weight excluding hydrogens is 198 g/mol. The minimum absolute atomic E-state index is 0.00444. The van der Waals surface area contributed by atoms with Crippen molar-refractivity contribution in [3.8, 4) is 0 Å². The number of amides is 1. The normalized spacial score (nSPS) is 10.6. The van der Waals surface area contributed by atoms with Gasteiger partial charge in [0.15, 0.2) is 5.82 Å². The molecule has 0 saturated heterocycles. The van der Waals surface area contributed by atoms with Crippen LogP contribution in [0.15, 0.2) is 6.07 Å². The van der Waals surface area contributed by atoms with Crippen LogP contribution in [0.1, 0.15) is 19.5 Å². The molecule has 4 nitrogen and oxygen atoms in total. The Morgan fingerprint density at radius 2 is 2.43 bits per heavy atom. The highest BCUT2D eigenvalue weighted by Gasteiger charge is 2.05. The molecule has 1 aromatic heterocycles. The van der Waals surface area contributed by atoms with E-state index in [-0.39, 0.29) is 5.91 Å². The standard InChI is InChI=1S/C9H15N3OS/c1-6(2)14-5-9(13)10-8-4-7(3)11-12-8/h4,6H,5H2,1-3H3,(H2,10,11,12,13). The first-order valence-corrected chi connectivity index (χ1v) is 5.56. The fraction of sp³-hybridized carbons (Fsp3) is 0.556. The summed E-state index contributed by atoms with van der Waals surface area (Å²) in [4.78, 5) is 11.3. The van der Waals surface area contributed by atoms with Crippen LogP contribution in [0.4, 0.5) is 5.82 Å². The zero-order valence-corrected chi connectivity index (χ0v) is 9.44. The Kier molecular flexibility index (Phi) is 4.00. The highest BCUT2D eigenvalue weighted by Crippen LogP contribution is 2.10. The largest absolute Gasteiger partial charge is 0.308 e. The van der Waals surface area contributed by atoms with Gasteiger partial charge in [-0.05, 0) is 12.2 Å². The summed E-state index contributed by atoms with van der Waals surface area (Å²) in [6, 6.07) is 1.80. The van der Waals surface area contributed by atoms with Crippen molar-refractivity contribution in [1.82, 2.24) is 10.2 Å². The van der Waals surface area contributed by atoms with Gasteiger partial charge in [0.25, 0.3) is 0 Å². The molecular formula is C9H15N3OS. The zero-order chi connectivity index (χ0) is 10.6. The molecule has 5 heteroatoms. The lowest BCUT2D eigenvalue weighted by atomic mass is 10.5. The molecule has 0 radical (unpaired) electrons. The lowest BCUT2D eigenvalue weighted by Crippen LogP contribution is -2.15. The molecule has 0 aliphatic heterocycles. The number of nitrogens with zero attached hydrogens (tertiary/aromatic N) is 1. The minimum Gasteiger partial charge on any atom is -0.308 e. The number of hydrogen-bond acceptors (Lipinski definition) is 3. The number of rotatable bonds is 4. The summed E-state index contributed by atoms with van der Waals surface area (Å²) in [6.45, 7) is 6.03. The van der Waals surface area contributed by atoms with E-state index in [1.165, 1.54) is 0 Å². The van der Waals surface area contributed by atoms with Crippen molar-refractivity contribution in [2.75, 3.05) is 11.1 Å². The van der Waals surface area contributed by atoms with Crippen LogP contribution >= 0.6 is 11.8 Å². The molecule has 0 saturated carbocycles. The Hall–Kier alpha value is -0.970. The molecule has 14 heavy (non-hydrogen) atoms. The van der Waals surface area contributed by atoms with Gasteiger partial charge in [-0.1, -0.05) is 13.8 Å². The van der Waals surface area contributed by atoms with Crippen LogP contribution in [0.3, 0.4) is 0 Å². The summed E-state index contributed by atoms with van der Waals surface area (Å²) < 4.78 is 0. The van der Waals surface area contributed by atoms with Crippen molar-refractivity contribution < 1.29 is 4.79 Å². The molecule has 1 aromatic rings. The average Bonchev–Trinajstić information content (AvgIpc) is 2.48. The molecule has 0 aromatic carbocycles. The maximum Gasteiger partial charge on any atom is 0.235 e. The van der Waals surface area contributed by atoms with Crippen LogP contribution in [-0.4, -0.2) is 27.1 Å². The maximum absolute atomic E-state index is 11.3. The van der Waals surface area contributed by atoms with Crippen LogP contribution in [0.5, 0.6) is 0 Å². The van der Waals surface area contributed by atoms with Gasteiger partial charge in [-0.2, -0.15) is 5.10 Å². The Balaban J connectivity index is 2.34. The van der Waals surface area contributed by atoms with E-state index in [4.69, 9.17) is 0 Å². The van der Waals surface area contributed by atoms with Crippen LogP contribution in [0.2, 0.25) is 0 Å². The molecule has 1 rings (SSSR count). The quantitative estimate of drug-likeness (QED) is 0.801. The molecule has 2 N–H and O–H groups in total. The summed E-state index contributed by atoms with van der Waals surface area (Å²) in [5, 5.41) is 9.87. The number of anilines is 1. The number of aryl methyl sites for hydroxylation is 1. The monoisotopic (exact) mass is 213 g/mol. The number of H-pyrrole nitrogens is 1. The van der Waals surface area contributed by atoms with E-state index in [9.17, 15) is 4.79 Å². The third-order valence-electron chi connectivity index (χ3n) is 1.52. The summed E-state index contributed by atoms with van der Waals surface area (Å²) in [6.07, 6.45) is 0. The van der Waals surface area contributed by atoms with E-state index in [2.05, 4.69) is 29.4 Å². The van der Waals surface area contributed by atoms with Gasteiger partial charge in [0.2, 0.25) is 5.91 Å². The highest BCUT2D eigenvalue weighted by atomic mass is 32.2. The van der Waals surface area contributed by atoms with Crippen molar-refractivity contribution in [2.24, 2.45) is 0 Å². The Labute approximate surface area is 87.9 Å². The number of thioether (sulfide) groups is 1. The minimum atomic E-state index is -0.00444. The fourth-order valence-electron chi connectivity index (χ4n) is 0.903. The van der Waals surface area contributed by atoms with Crippen molar-refractivity contribution in [1.29, 1.82) is 0 Å². The van der Waals surface area contributed by atoms with E-state index >= 15 is 0 Å². The van der Waals surface area contributed by atoms with E-state index in [0.29, 0.717) is 16.8 Å². The molecule has 0 aliphatic rings. The van der Waals surface area contributed by atoms with Gasteiger partial charge >= 0.3 is 0 Å². The van der Waals surface area contributed by atoms with Crippen LogP contribution < -0.4 is 5.32 Å². The van der Waals surface area contributed by atoms with E-state index in [1.807, 2.05) is 6.92 Å². The Morgan fingerprint density at radius 1 is 1.71 bits per heavy atom. The van der Waals surface area contributed by atoms with Gasteiger partial charge in [-0.25, -0.2) is 0 Å². The maximum atomic E-state index is 11.3.